The van der Waals surface area contributed by atoms with Crippen LogP contribution in [0.5, 0.6) is 0 Å². The predicted molar refractivity (Wildman–Crippen MR) is 70.8 cm³/mol. The molecule has 1 aromatic rings. The van der Waals surface area contributed by atoms with Gasteiger partial charge in [-0.2, -0.15) is 0 Å². The summed E-state index contributed by atoms with van der Waals surface area (Å²) in [7, 11) is 0. The maximum Gasteiger partial charge on any atom is -1.00 e. The van der Waals surface area contributed by atoms with Crippen molar-refractivity contribution in [2.75, 3.05) is 3.80 Å². The van der Waals surface area contributed by atoms with Crippen molar-refractivity contribution in [3.8, 4) is 0 Å². The normalized spacial score (nSPS) is 12.5. The Balaban J connectivity index is 0.00000144. The van der Waals surface area contributed by atoms with Crippen molar-refractivity contribution in [3.05, 3.63) is 52.4 Å². The fourth-order valence-corrected chi connectivity index (χ4v) is 11.3. The standard InChI is InChI=1S/C6H6N.C5H5.C2H7Si.2ClH.Ti/c7-6-4-2-1-3-5-6;1-2-4-5-3-1;1-3-2;;;/h1-5,7H;1-3H,4H2;3H,1-2H3;2*1H;/q-1;;;;;+3/p-2. The largest absolute Gasteiger partial charge is 1.00 e. The fourth-order valence-electron chi connectivity index (χ4n) is 1.92. The number of hydrogen-bond acceptors (Lipinski definition) is 1. The monoisotopic (exact) mass is 334 g/mol. The number of rotatable bonds is 4. The van der Waals surface area contributed by atoms with Crippen molar-refractivity contribution in [1.29, 1.82) is 0 Å². The molecule has 0 atom stereocenters. The van der Waals surface area contributed by atoms with E-state index in [1.807, 2.05) is 0 Å². The van der Waals surface area contributed by atoms with Crippen molar-refractivity contribution in [2.45, 2.75) is 19.5 Å². The van der Waals surface area contributed by atoms with Crippen LogP contribution in [0.15, 0.2) is 52.4 Å². The van der Waals surface area contributed by atoms with E-state index in [2.05, 4.69) is 65.5 Å². The number of allylic oxidation sites excluding steroid dienone is 4. The third-order valence-electron chi connectivity index (χ3n) is 2.75. The van der Waals surface area contributed by atoms with E-state index in [-0.39, 0.29) is 24.8 Å². The number of para-hydroxylation sites is 1. The minimum absolute atomic E-state index is 0. The number of halogens is 2. The van der Waals surface area contributed by atoms with Crippen LogP contribution in [0, 0.1) is 0 Å². The molecule has 18 heavy (non-hydrogen) atoms. The molecule has 0 fully saturated rings. The second-order valence-electron chi connectivity index (χ2n) is 4.38. The molecule has 0 spiro atoms. The first-order chi connectivity index (χ1) is 7.77. The molecule has 1 nitrogen and oxygen atoms in total. The third-order valence-corrected chi connectivity index (χ3v) is 14.0. The van der Waals surface area contributed by atoms with Crippen LogP contribution >= 0.6 is 0 Å². The van der Waals surface area contributed by atoms with E-state index in [9.17, 15) is 0 Å². The molecule has 1 aromatic carbocycles. The molecule has 2 rings (SSSR count). The van der Waals surface area contributed by atoms with Gasteiger partial charge >= 0.3 is 105 Å². The Labute approximate surface area is 130 Å². The van der Waals surface area contributed by atoms with Gasteiger partial charge in [0.25, 0.3) is 0 Å². The first kappa shape index (κ1) is 18.0. The zero-order valence-electron chi connectivity index (χ0n) is 10.7. The van der Waals surface area contributed by atoms with Crippen LogP contribution in [0.2, 0.25) is 13.1 Å². The zero-order chi connectivity index (χ0) is 11.4. The Kier molecular flexibility index (Phi) is 9.01. The molecule has 0 saturated carbocycles. The summed E-state index contributed by atoms with van der Waals surface area (Å²) in [6.07, 6.45) is 8.04. The third kappa shape index (κ3) is 4.94. The number of nitrogens with one attached hydrogen (secondary N) is 1. The molecule has 0 unspecified atom stereocenters. The van der Waals surface area contributed by atoms with E-state index < -0.39 is 24.0 Å². The summed E-state index contributed by atoms with van der Waals surface area (Å²) < 4.78 is 5.55. The smallest absolute Gasteiger partial charge is 1.00 e. The van der Waals surface area contributed by atoms with Gasteiger partial charge in [0.15, 0.2) is 0 Å². The van der Waals surface area contributed by atoms with Gasteiger partial charge < -0.3 is 24.8 Å². The van der Waals surface area contributed by atoms with Crippen LogP contribution in [0.4, 0.5) is 5.69 Å². The summed E-state index contributed by atoms with van der Waals surface area (Å²) in [4.78, 5) is 0. The Bertz CT molecular complexity index is 407. The summed E-state index contributed by atoms with van der Waals surface area (Å²) >= 11 is -1.19. The van der Waals surface area contributed by atoms with E-state index in [1.165, 1.54) is 12.1 Å². The molecule has 5 heteroatoms. The molecule has 0 bridgehead atoms. The van der Waals surface area contributed by atoms with Crippen LogP contribution in [-0.4, -0.2) is 6.66 Å². The molecular formula is C13H18Cl2NSiTi. The average Bonchev–Trinajstić information content (AvgIpc) is 2.80. The average molecular weight is 335 g/mol. The zero-order valence-corrected chi connectivity index (χ0v) is 14.9. The Hall–Kier alpha value is 0.0112. The predicted octanol–water partition coefficient (Wildman–Crippen LogP) is -2.53. The van der Waals surface area contributed by atoms with Crippen LogP contribution in [0.3, 0.4) is 0 Å². The second kappa shape index (κ2) is 9.00. The minimum Gasteiger partial charge on any atom is -1.00 e. The molecule has 0 radical (unpaired) electrons. The van der Waals surface area contributed by atoms with Crippen LogP contribution in [0.25, 0.3) is 0 Å². The Morgan fingerprint density at radius 2 is 1.78 bits per heavy atom. The fraction of sp³-hybridized carbons (Fsp3) is 0.231. The van der Waals surface area contributed by atoms with Crippen LogP contribution < -0.4 is 28.6 Å². The van der Waals surface area contributed by atoms with Gasteiger partial charge in [-0.05, 0) is 0 Å². The van der Waals surface area contributed by atoms with Crippen LogP contribution in [-0.2, 0) is 17.4 Å². The second-order valence-corrected chi connectivity index (χ2v) is 17.2. The van der Waals surface area contributed by atoms with Crippen molar-refractivity contribution < 1.29 is 42.2 Å². The van der Waals surface area contributed by atoms with Crippen molar-refractivity contribution in [1.82, 2.24) is 0 Å². The van der Waals surface area contributed by atoms with Gasteiger partial charge in [0.2, 0.25) is 0 Å². The van der Waals surface area contributed by atoms with E-state index in [0.717, 1.165) is 0 Å². The molecule has 0 heterocycles. The van der Waals surface area contributed by atoms with Gasteiger partial charge in [0, 0.05) is 0 Å². The summed E-state index contributed by atoms with van der Waals surface area (Å²) in [5, 5.41) is 0. The molecule has 1 N–H and O–H groups in total. The van der Waals surface area contributed by atoms with Gasteiger partial charge in [-0.25, -0.2) is 0 Å². The molecule has 97 valence electrons. The summed E-state index contributed by atoms with van der Waals surface area (Å²) in [5.41, 5.74) is 1.31. The van der Waals surface area contributed by atoms with Crippen molar-refractivity contribution >= 4 is 12.4 Å². The van der Waals surface area contributed by atoms with E-state index in [4.69, 9.17) is 0 Å². The molecule has 0 aromatic heterocycles. The summed E-state index contributed by atoms with van der Waals surface area (Å²) in [5.74, 6) is 0. The van der Waals surface area contributed by atoms with E-state index >= 15 is 0 Å². The van der Waals surface area contributed by atoms with Gasteiger partial charge in [0.1, 0.15) is 0 Å². The quantitative estimate of drug-likeness (QED) is 0.599. The van der Waals surface area contributed by atoms with Crippen molar-refractivity contribution in [3.63, 3.8) is 0 Å². The maximum atomic E-state index is 3.84. The Morgan fingerprint density at radius 3 is 2.28 bits per heavy atom. The van der Waals surface area contributed by atoms with Crippen molar-refractivity contribution in [2.24, 2.45) is 0 Å². The number of benzene rings is 1. The summed E-state index contributed by atoms with van der Waals surface area (Å²) in [6, 6.07) is 10.7. The van der Waals surface area contributed by atoms with E-state index in [1.54, 1.807) is 3.88 Å². The maximum absolute atomic E-state index is 3.84. The molecule has 1 aliphatic rings. The first-order valence-electron chi connectivity index (χ1n) is 5.82. The molecule has 0 amide bonds. The van der Waals surface area contributed by atoms with Gasteiger partial charge in [-0.1, -0.05) is 0 Å². The van der Waals surface area contributed by atoms with Gasteiger partial charge in [0.05, 0.1) is 0 Å². The topological polar surface area (TPSA) is 12.0 Å². The number of hydrogen-bond donors (Lipinski definition) is 1. The summed E-state index contributed by atoms with van der Waals surface area (Å²) in [6.45, 7) is 4.39. The van der Waals surface area contributed by atoms with Gasteiger partial charge in [-0.15, -0.1) is 0 Å². The first-order valence-corrected chi connectivity index (χ1v) is 13.0. The molecular weight excluding hydrogens is 317 g/mol. The molecule has 0 saturated heterocycles. The molecule has 0 aliphatic heterocycles. The Morgan fingerprint density at radius 1 is 1.11 bits per heavy atom. The number of anilines is 1. The van der Waals surface area contributed by atoms with E-state index in [0.29, 0.717) is 0 Å². The molecule has 1 aliphatic carbocycles. The van der Waals surface area contributed by atoms with Gasteiger partial charge in [-0.3, -0.25) is 0 Å². The van der Waals surface area contributed by atoms with Crippen LogP contribution in [0.1, 0.15) is 6.42 Å². The minimum atomic E-state index is -1.19. The SMILES string of the molecule is C[SiH](C)[Ti+2]([NH]c1ccccc1)[C]1=CC=CC1.[Cl-].[Cl-].